The van der Waals surface area contributed by atoms with Gasteiger partial charge in [-0.05, 0) is 25.5 Å². The Labute approximate surface area is 88.4 Å². The van der Waals surface area contributed by atoms with Crippen molar-refractivity contribution in [1.29, 1.82) is 0 Å². The predicted molar refractivity (Wildman–Crippen MR) is 54.4 cm³/mol. The molecule has 1 aromatic carbocycles. The van der Waals surface area contributed by atoms with Gasteiger partial charge in [-0.2, -0.15) is 0 Å². The average molecular weight is 208 g/mol. The van der Waals surface area contributed by atoms with E-state index in [9.17, 15) is 4.79 Å². The van der Waals surface area contributed by atoms with Crippen LogP contribution in [-0.4, -0.2) is 24.8 Å². The topological polar surface area (TPSA) is 55.8 Å². The van der Waals surface area contributed by atoms with E-state index in [-0.39, 0.29) is 23.7 Å². The monoisotopic (exact) mass is 208 g/mol. The van der Waals surface area contributed by atoms with E-state index in [2.05, 4.69) is 0 Å². The van der Waals surface area contributed by atoms with Crippen LogP contribution in [0.2, 0.25) is 0 Å². The van der Waals surface area contributed by atoms with E-state index >= 15 is 0 Å². The molecule has 4 heteroatoms. The summed E-state index contributed by atoms with van der Waals surface area (Å²) >= 11 is 0. The van der Waals surface area contributed by atoms with E-state index in [0.29, 0.717) is 6.42 Å². The molecule has 0 aliphatic heterocycles. The molecule has 0 saturated heterocycles. The number of benzene rings is 1. The van der Waals surface area contributed by atoms with Crippen LogP contribution >= 0.6 is 0 Å². The van der Waals surface area contributed by atoms with Crippen LogP contribution in [0.3, 0.4) is 0 Å². The molecule has 0 bridgehead atoms. The van der Waals surface area contributed by atoms with Gasteiger partial charge in [0.1, 0.15) is 17.1 Å². The summed E-state index contributed by atoms with van der Waals surface area (Å²) in [5.74, 6) is -0.538. The number of rotatable bonds is 5. The summed E-state index contributed by atoms with van der Waals surface area (Å²) in [6, 6.07) is 4.80. The molecule has 0 aliphatic carbocycles. The van der Waals surface area contributed by atoms with Crippen LogP contribution in [0.1, 0.15) is 16.8 Å². The highest BCUT2D eigenvalue weighted by molar-refractivity contribution is 5.94. The molecule has 15 heavy (non-hydrogen) atoms. The lowest BCUT2D eigenvalue weighted by molar-refractivity contribution is 0.0688. The molecule has 0 amide bonds. The van der Waals surface area contributed by atoms with Gasteiger partial charge in [0.15, 0.2) is 0 Å². The lowest BCUT2D eigenvalue weighted by Crippen LogP contribution is -2.06. The Morgan fingerprint density at radius 3 is 2.67 bits per heavy atom. The predicted octanol–water partition coefficient (Wildman–Crippen LogP) is 1.87. The van der Waals surface area contributed by atoms with Crippen molar-refractivity contribution in [1.82, 2.24) is 0 Å². The summed E-state index contributed by atoms with van der Waals surface area (Å²) in [7, 11) is 1.41. The zero-order valence-electron chi connectivity index (χ0n) is 8.40. The normalized spacial score (nSPS) is 9.73. The minimum Gasteiger partial charge on any atom is -0.496 e. The fourth-order valence-electron chi connectivity index (χ4n) is 1.18. The van der Waals surface area contributed by atoms with Crippen LogP contribution in [0.15, 0.2) is 18.2 Å². The van der Waals surface area contributed by atoms with Gasteiger partial charge in [0, 0.05) is 0 Å². The Kier molecular flexibility index (Phi) is 3.97. The largest absolute Gasteiger partial charge is 0.496 e. The van der Waals surface area contributed by atoms with Gasteiger partial charge in [0.2, 0.25) is 0 Å². The maximum atomic E-state index is 11.0. The molecule has 80 valence electrons. The number of carboxylic acids is 1. The molecule has 4 nitrogen and oxygen atoms in total. The molecule has 0 aromatic heterocycles. The second-order valence-electron chi connectivity index (χ2n) is 2.78. The highest BCUT2D eigenvalue weighted by Crippen LogP contribution is 2.28. The number of aromatic carboxylic acids is 1. The fraction of sp³-hybridized carbons (Fsp3) is 0.273. The van der Waals surface area contributed by atoms with E-state index in [1.54, 1.807) is 18.2 Å². The van der Waals surface area contributed by atoms with Crippen LogP contribution in [-0.2, 0) is 0 Å². The van der Waals surface area contributed by atoms with E-state index in [1.807, 2.05) is 0 Å². The third kappa shape index (κ3) is 2.62. The lowest BCUT2D eigenvalue weighted by atomic mass is 10.2. The van der Waals surface area contributed by atoms with Crippen molar-refractivity contribution < 1.29 is 19.4 Å². The lowest BCUT2D eigenvalue weighted by Gasteiger charge is -2.10. The van der Waals surface area contributed by atoms with Crippen molar-refractivity contribution in [2.75, 3.05) is 13.7 Å². The first kappa shape index (κ1) is 11.4. The van der Waals surface area contributed by atoms with Gasteiger partial charge in [0.05, 0.1) is 13.7 Å². The summed E-state index contributed by atoms with van der Waals surface area (Å²) in [6.45, 7) is 5.54. The minimum atomic E-state index is -1.08. The highest BCUT2D eigenvalue weighted by Gasteiger charge is 2.16. The van der Waals surface area contributed by atoms with Gasteiger partial charge in [-0.15, -0.1) is 0 Å². The summed E-state index contributed by atoms with van der Waals surface area (Å²) in [6.07, 6.45) is 0.330. The second kappa shape index (κ2) is 5.24. The number of carboxylic acid groups (broad SMARTS) is 1. The molecular weight excluding hydrogens is 196 g/mol. The zero-order valence-corrected chi connectivity index (χ0v) is 8.40. The van der Waals surface area contributed by atoms with Crippen LogP contribution in [0.25, 0.3) is 0 Å². The van der Waals surface area contributed by atoms with Crippen molar-refractivity contribution in [2.24, 2.45) is 0 Å². The molecule has 0 heterocycles. The second-order valence-corrected chi connectivity index (χ2v) is 2.78. The molecule has 1 rings (SSSR count). The number of carbonyl (C=O) groups is 1. The first-order valence-electron chi connectivity index (χ1n) is 4.44. The van der Waals surface area contributed by atoms with Crippen molar-refractivity contribution in [3.05, 3.63) is 30.7 Å². The van der Waals surface area contributed by atoms with Crippen molar-refractivity contribution >= 4 is 5.97 Å². The Morgan fingerprint density at radius 1 is 1.47 bits per heavy atom. The quantitative estimate of drug-likeness (QED) is 0.802. The molecule has 2 radical (unpaired) electrons. The molecule has 0 spiro atoms. The summed E-state index contributed by atoms with van der Waals surface area (Å²) in [5.41, 5.74) is 0.0217. The molecule has 0 aliphatic rings. The number of hydrogen-bond acceptors (Lipinski definition) is 3. The average Bonchev–Trinajstić information content (AvgIpc) is 2.25. The van der Waals surface area contributed by atoms with Crippen LogP contribution in [0.5, 0.6) is 11.5 Å². The first-order valence-corrected chi connectivity index (χ1v) is 4.44. The third-order valence-electron chi connectivity index (χ3n) is 1.80. The molecule has 1 aromatic rings. The Hall–Kier alpha value is -1.71. The Morgan fingerprint density at radius 2 is 2.13 bits per heavy atom. The van der Waals surface area contributed by atoms with Crippen molar-refractivity contribution in [2.45, 2.75) is 6.42 Å². The smallest absolute Gasteiger partial charge is 0.343 e. The summed E-state index contributed by atoms with van der Waals surface area (Å²) in [5, 5.41) is 8.99. The van der Waals surface area contributed by atoms with Gasteiger partial charge in [-0.1, -0.05) is 6.07 Å². The van der Waals surface area contributed by atoms with E-state index < -0.39 is 5.97 Å². The maximum absolute atomic E-state index is 11.0. The van der Waals surface area contributed by atoms with Gasteiger partial charge in [-0.25, -0.2) is 4.79 Å². The van der Waals surface area contributed by atoms with E-state index in [4.69, 9.17) is 21.5 Å². The Bertz CT molecular complexity index is 346. The molecular formula is C11H12O4. The molecule has 0 fully saturated rings. The summed E-state index contributed by atoms with van der Waals surface area (Å²) in [4.78, 5) is 11.0. The Balaban J connectivity index is 3.07. The summed E-state index contributed by atoms with van der Waals surface area (Å²) < 4.78 is 10.1. The van der Waals surface area contributed by atoms with Gasteiger partial charge in [0.25, 0.3) is 0 Å². The maximum Gasteiger partial charge on any atom is 0.343 e. The number of ether oxygens (including phenoxy) is 2. The van der Waals surface area contributed by atoms with Gasteiger partial charge < -0.3 is 14.6 Å². The molecule has 0 atom stereocenters. The third-order valence-corrected chi connectivity index (χ3v) is 1.80. The number of hydrogen-bond donors (Lipinski definition) is 1. The van der Waals surface area contributed by atoms with Gasteiger partial charge >= 0.3 is 5.97 Å². The first-order chi connectivity index (χ1) is 7.20. The number of methoxy groups -OCH3 is 1. The zero-order chi connectivity index (χ0) is 11.3. The molecule has 1 N–H and O–H groups in total. The van der Waals surface area contributed by atoms with Gasteiger partial charge in [-0.3, -0.25) is 0 Å². The SMILES string of the molecule is [CH]CCOc1cccc(OC)c1C(=O)O. The fourth-order valence-corrected chi connectivity index (χ4v) is 1.18. The molecule has 0 unspecified atom stereocenters. The highest BCUT2D eigenvalue weighted by atomic mass is 16.5. The van der Waals surface area contributed by atoms with Crippen molar-refractivity contribution in [3.63, 3.8) is 0 Å². The van der Waals surface area contributed by atoms with Crippen LogP contribution in [0, 0.1) is 6.92 Å². The van der Waals surface area contributed by atoms with Crippen LogP contribution in [0.4, 0.5) is 0 Å². The van der Waals surface area contributed by atoms with E-state index in [1.165, 1.54) is 7.11 Å². The standard InChI is InChI=1S/C11H12O4/c1-3-7-15-9-6-4-5-8(14-2)10(9)11(12)13/h1,4-6H,3,7H2,2H3,(H,12,13). The van der Waals surface area contributed by atoms with Crippen molar-refractivity contribution in [3.8, 4) is 11.5 Å². The van der Waals surface area contributed by atoms with Crippen LogP contribution < -0.4 is 9.47 Å². The molecule has 0 saturated carbocycles. The van der Waals surface area contributed by atoms with E-state index in [0.717, 1.165) is 0 Å². The minimum absolute atomic E-state index is 0.0217.